The van der Waals surface area contributed by atoms with E-state index in [4.69, 9.17) is 4.74 Å². The lowest BCUT2D eigenvalue weighted by Crippen LogP contribution is -2.43. The molecule has 2 rings (SSSR count). The van der Waals surface area contributed by atoms with Crippen molar-refractivity contribution >= 4 is 21.8 Å². The molecule has 0 spiro atoms. The van der Waals surface area contributed by atoms with Gasteiger partial charge in [0.15, 0.2) is 0 Å². The van der Waals surface area contributed by atoms with Crippen molar-refractivity contribution in [2.45, 2.75) is 39.8 Å². The lowest BCUT2D eigenvalue weighted by atomic mass is 10.1. The molecule has 2 N–H and O–H groups in total. The van der Waals surface area contributed by atoms with Crippen molar-refractivity contribution < 1.29 is 9.53 Å². The first-order chi connectivity index (χ1) is 9.97. The first-order valence-corrected chi connectivity index (χ1v) is 8.22. The molecule has 0 saturated carbocycles. The maximum atomic E-state index is 12.0. The van der Waals surface area contributed by atoms with Crippen LogP contribution in [0.4, 0.5) is 0 Å². The molecule has 0 aromatic heterocycles. The quantitative estimate of drug-likeness (QED) is 0.825. The molecule has 116 valence electrons. The molecule has 1 aliphatic heterocycles. The van der Waals surface area contributed by atoms with Gasteiger partial charge in [-0.15, -0.1) is 0 Å². The van der Waals surface area contributed by atoms with Gasteiger partial charge in [0.1, 0.15) is 5.75 Å². The fourth-order valence-electron chi connectivity index (χ4n) is 2.29. The number of benzene rings is 1. The van der Waals surface area contributed by atoms with E-state index >= 15 is 0 Å². The second kappa shape index (κ2) is 7.27. The summed E-state index contributed by atoms with van der Waals surface area (Å²) in [5.41, 5.74) is 2.33. The standard InChI is InChI=1S/C16H23BrN2O2/c1-10(2)8-19-16(20)11(3)18-9-13-7-14(17)6-12-4-5-21-15(12)13/h6-7,10-11,18H,4-5,8-9H2,1-3H3,(H,19,20). The first-order valence-electron chi connectivity index (χ1n) is 7.42. The van der Waals surface area contributed by atoms with Gasteiger partial charge in [0, 0.05) is 29.5 Å². The van der Waals surface area contributed by atoms with E-state index in [2.05, 4.69) is 52.5 Å². The third kappa shape index (κ3) is 4.45. The van der Waals surface area contributed by atoms with E-state index in [1.165, 1.54) is 5.56 Å². The predicted octanol–water partition coefficient (Wildman–Crippen LogP) is 2.63. The number of hydrogen-bond donors (Lipinski definition) is 2. The van der Waals surface area contributed by atoms with Gasteiger partial charge in [-0.2, -0.15) is 0 Å². The van der Waals surface area contributed by atoms with Crippen molar-refractivity contribution in [1.29, 1.82) is 0 Å². The third-order valence-electron chi connectivity index (χ3n) is 3.50. The monoisotopic (exact) mass is 354 g/mol. The maximum absolute atomic E-state index is 12.0. The minimum absolute atomic E-state index is 0.0382. The van der Waals surface area contributed by atoms with Crippen LogP contribution in [0.2, 0.25) is 0 Å². The smallest absolute Gasteiger partial charge is 0.236 e. The van der Waals surface area contributed by atoms with Crippen molar-refractivity contribution in [2.75, 3.05) is 13.2 Å². The van der Waals surface area contributed by atoms with Crippen molar-refractivity contribution in [3.63, 3.8) is 0 Å². The van der Waals surface area contributed by atoms with Crippen LogP contribution in [-0.4, -0.2) is 25.1 Å². The molecular formula is C16H23BrN2O2. The molecule has 0 saturated heterocycles. The van der Waals surface area contributed by atoms with E-state index in [9.17, 15) is 4.79 Å². The zero-order valence-corrected chi connectivity index (χ0v) is 14.4. The minimum Gasteiger partial charge on any atom is -0.493 e. The number of carbonyl (C=O) groups excluding carboxylic acids is 1. The van der Waals surface area contributed by atoms with Gasteiger partial charge >= 0.3 is 0 Å². The Kier molecular flexibility index (Phi) is 5.65. The Labute approximate surface area is 134 Å². The van der Waals surface area contributed by atoms with Gasteiger partial charge in [-0.05, 0) is 30.5 Å². The molecule has 1 unspecified atom stereocenters. The predicted molar refractivity (Wildman–Crippen MR) is 87.5 cm³/mol. The van der Waals surface area contributed by atoms with Crippen LogP contribution in [0.15, 0.2) is 16.6 Å². The number of carbonyl (C=O) groups is 1. The molecule has 0 bridgehead atoms. The molecule has 5 heteroatoms. The van der Waals surface area contributed by atoms with E-state index in [-0.39, 0.29) is 11.9 Å². The van der Waals surface area contributed by atoms with Crippen molar-refractivity contribution in [2.24, 2.45) is 5.92 Å². The molecule has 1 heterocycles. The Balaban J connectivity index is 1.93. The van der Waals surface area contributed by atoms with Crippen LogP contribution >= 0.6 is 15.9 Å². The van der Waals surface area contributed by atoms with Gasteiger partial charge in [-0.3, -0.25) is 4.79 Å². The Morgan fingerprint density at radius 2 is 2.14 bits per heavy atom. The molecular weight excluding hydrogens is 332 g/mol. The topological polar surface area (TPSA) is 50.4 Å². The van der Waals surface area contributed by atoms with Crippen LogP contribution in [0.1, 0.15) is 31.9 Å². The lowest BCUT2D eigenvalue weighted by Gasteiger charge is -2.16. The van der Waals surface area contributed by atoms with Crippen LogP contribution in [0.5, 0.6) is 5.75 Å². The summed E-state index contributed by atoms with van der Waals surface area (Å²) in [4.78, 5) is 12.0. The molecule has 0 radical (unpaired) electrons. The van der Waals surface area contributed by atoms with Gasteiger partial charge in [0.05, 0.1) is 12.6 Å². The minimum atomic E-state index is -0.222. The fraction of sp³-hybridized carbons (Fsp3) is 0.562. The average Bonchev–Trinajstić information content (AvgIpc) is 2.89. The highest BCUT2D eigenvalue weighted by molar-refractivity contribution is 9.10. The molecule has 4 nitrogen and oxygen atoms in total. The van der Waals surface area contributed by atoms with Gasteiger partial charge < -0.3 is 15.4 Å². The van der Waals surface area contributed by atoms with Crippen molar-refractivity contribution in [3.8, 4) is 5.75 Å². The Morgan fingerprint density at radius 1 is 1.38 bits per heavy atom. The van der Waals surface area contributed by atoms with E-state index in [0.717, 1.165) is 28.8 Å². The summed E-state index contributed by atoms with van der Waals surface area (Å²) in [5, 5.41) is 6.21. The number of hydrogen-bond acceptors (Lipinski definition) is 3. The summed E-state index contributed by atoms with van der Waals surface area (Å²) in [5.74, 6) is 1.47. The summed E-state index contributed by atoms with van der Waals surface area (Å²) in [6, 6.07) is 3.93. The summed E-state index contributed by atoms with van der Waals surface area (Å²) in [6.07, 6.45) is 0.951. The molecule has 1 aromatic carbocycles. The molecule has 1 aromatic rings. The molecule has 0 fully saturated rings. The van der Waals surface area contributed by atoms with Crippen LogP contribution in [0.3, 0.4) is 0 Å². The normalized spacial score (nSPS) is 14.7. The second-order valence-corrected chi connectivity index (χ2v) is 6.81. The number of nitrogens with one attached hydrogen (secondary N) is 2. The SMILES string of the molecule is CC(C)CNC(=O)C(C)NCc1cc(Br)cc2c1OCC2. The zero-order valence-electron chi connectivity index (χ0n) is 12.8. The first kappa shape index (κ1) is 16.3. The fourth-order valence-corrected chi connectivity index (χ4v) is 2.84. The molecule has 0 aliphatic carbocycles. The van der Waals surface area contributed by atoms with E-state index < -0.39 is 0 Å². The lowest BCUT2D eigenvalue weighted by molar-refractivity contribution is -0.122. The second-order valence-electron chi connectivity index (χ2n) is 5.89. The third-order valence-corrected chi connectivity index (χ3v) is 3.96. The Bertz CT molecular complexity index is 517. The summed E-state index contributed by atoms with van der Waals surface area (Å²) < 4.78 is 6.75. The van der Waals surface area contributed by atoms with Crippen LogP contribution in [0, 0.1) is 5.92 Å². The molecule has 1 aliphatic rings. The van der Waals surface area contributed by atoms with E-state index in [1.807, 2.05) is 6.92 Å². The summed E-state index contributed by atoms with van der Waals surface area (Å²) >= 11 is 3.53. The van der Waals surface area contributed by atoms with Crippen LogP contribution in [0.25, 0.3) is 0 Å². The van der Waals surface area contributed by atoms with E-state index in [1.54, 1.807) is 0 Å². The number of halogens is 1. The van der Waals surface area contributed by atoms with Gasteiger partial charge in [0.25, 0.3) is 0 Å². The Hall–Kier alpha value is -1.07. The Morgan fingerprint density at radius 3 is 2.86 bits per heavy atom. The van der Waals surface area contributed by atoms with Gasteiger partial charge in [-0.1, -0.05) is 29.8 Å². The van der Waals surface area contributed by atoms with Crippen molar-refractivity contribution in [1.82, 2.24) is 10.6 Å². The molecule has 21 heavy (non-hydrogen) atoms. The largest absolute Gasteiger partial charge is 0.493 e. The summed E-state index contributed by atoms with van der Waals surface area (Å²) in [7, 11) is 0. The van der Waals surface area contributed by atoms with Gasteiger partial charge in [0.2, 0.25) is 5.91 Å². The highest BCUT2D eigenvalue weighted by Crippen LogP contribution is 2.32. The summed E-state index contributed by atoms with van der Waals surface area (Å²) in [6.45, 7) is 8.12. The average molecular weight is 355 g/mol. The number of amides is 1. The maximum Gasteiger partial charge on any atom is 0.236 e. The van der Waals surface area contributed by atoms with Crippen molar-refractivity contribution in [3.05, 3.63) is 27.7 Å². The molecule has 1 atom stereocenters. The zero-order chi connectivity index (χ0) is 15.4. The van der Waals surface area contributed by atoms with Crippen LogP contribution in [-0.2, 0) is 17.8 Å². The number of rotatable bonds is 6. The van der Waals surface area contributed by atoms with Crippen LogP contribution < -0.4 is 15.4 Å². The number of fused-ring (bicyclic) bond motifs is 1. The van der Waals surface area contributed by atoms with E-state index in [0.29, 0.717) is 19.0 Å². The molecule has 1 amide bonds. The highest BCUT2D eigenvalue weighted by Gasteiger charge is 2.19. The number of ether oxygens (including phenoxy) is 1. The highest BCUT2D eigenvalue weighted by atomic mass is 79.9. The van der Waals surface area contributed by atoms with Gasteiger partial charge in [-0.25, -0.2) is 0 Å².